The van der Waals surface area contributed by atoms with Crippen molar-refractivity contribution in [2.75, 3.05) is 31.1 Å². The standard InChI is InChI=1S/C29H32ClFN4O2S/c30-23-16-32-29(33-17-23)34-8-3-19(4-9-34)25-13-20(25)6-11-37-24-2-1-21(26(31)15-24)14-28(36)35-10-5-27-22(18-35)7-12-38-27/h1-2,7,12,15-17,19-20,25H,3-6,8-11,13-14,18H2. The van der Waals surface area contributed by atoms with Gasteiger partial charge in [0.2, 0.25) is 11.9 Å². The number of ether oxygens (including phenoxy) is 1. The molecule has 0 spiro atoms. The molecule has 0 bridgehead atoms. The second-order valence-corrected chi connectivity index (χ2v) is 12.1. The fourth-order valence-corrected chi connectivity index (χ4v) is 6.99. The van der Waals surface area contributed by atoms with E-state index in [0.29, 0.717) is 41.9 Å². The van der Waals surface area contributed by atoms with E-state index in [1.165, 1.54) is 22.9 Å². The molecular formula is C29H32ClFN4O2S. The van der Waals surface area contributed by atoms with Gasteiger partial charge in [-0.1, -0.05) is 17.7 Å². The number of carbonyl (C=O) groups is 1. The van der Waals surface area contributed by atoms with Crippen LogP contribution >= 0.6 is 22.9 Å². The zero-order valence-electron chi connectivity index (χ0n) is 21.3. The summed E-state index contributed by atoms with van der Waals surface area (Å²) >= 11 is 7.65. The Balaban J connectivity index is 0.921. The molecule has 3 aromatic rings. The van der Waals surface area contributed by atoms with E-state index in [2.05, 4.69) is 26.3 Å². The average molecular weight is 555 g/mol. The van der Waals surface area contributed by atoms with Crippen molar-refractivity contribution in [3.8, 4) is 5.75 Å². The minimum atomic E-state index is -0.371. The third kappa shape index (κ3) is 5.81. The van der Waals surface area contributed by atoms with Gasteiger partial charge in [-0.25, -0.2) is 14.4 Å². The molecule has 1 aromatic carbocycles. The van der Waals surface area contributed by atoms with E-state index in [1.807, 2.05) is 4.90 Å². The van der Waals surface area contributed by atoms with Crippen molar-refractivity contribution in [1.29, 1.82) is 0 Å². The molecule has 2 atom stereocenters. The molecule has 1 saturated heterocycles. The first-order valence-corrected chi connectivity index (χ1v) is 14.8. The second kappa shape index (κ2) is 11.2. The van der Waals surface area contributed by atoms with Gasteiger partial charge in [-0.05, 0) is 78.5 Å². The van der Waals surface area contributed by atoms with Crippen LogP contribution in [0.2, 0.25) is 5.02 Å². The quantitative estimate of drug-likeness (QED) is 0.353. The zero-order valence-corrected chi connectivity index (χ0v) is 22.9. The molecule has 2 aliphatic heterocycles. The van der Waals surface area contributed by atoms with Crippen LogP contribution in [0.1, 0.15) is 41.7 Å². The van der Waals surface area contributed by atoms with E-state index in [0.717, 1.165) is 56.6 Å². The molecule has 9 heteroatoms. The van der Waals surface area contributed by atoms with Crippen molar-refractivity contribution in [2.24, 2.45) is 17.8 Å². The summed E-state index contributed by atoms with van der Waals surface area (Å²) < 4.78 is 20.7. The lowest BCUT2D eigenvalue weighted by molar-refractivity contribution is -0.131. The van der Waals surface area contributed by atoms with Crippen molar-refractivity contribution in [3.05, 3.63) is 68.9 Å². The van der Waals surface area contributed by atoms with Gasteiger partial charge in [0.15, 0.2) is 0 Å². The minimum absolute atomic E-state index is 0.0271. The highest BCUT2D eigenvalue weighted by Crippen LogP contribution is 2.49. The third-order valence-corrected chi connectivity index (χ3v) is 9.51. The molecule has 0 radical (unpaired) electrons. The molecule has 2 fully saturated rings. The summed E-state index contributed by atoms with van der Waals surface area (Å²) in [5.74, 6) is 3.09. The molecule has 1 saturated carbocycles. The smallest absolute Gasteiger partial charge is 0.227 e. The predicted molar refractivity (Wildman–Crippen MR) is 147 cm³/mol. The summed E-state index contributed by atoms with van der Waals surface area (Å²) in [4.78, 5) is 26.9. The largest absolute Gasteiger partial charge is 0.493 e. The van der Waals surface area contributed by atoms with Gasteiger partial charge in [-0.2, -0.15) is 0 Å². The van der Waals surface area contributed by atoms with Crippen LogP contribution in [0, 0.1) is 23.6 Å². The lowest BCUT2D eigenvalue weighted by Crippen LogP contribution is -2.36. The lowest BCUT2D eigenvalue weighted by atomic mass is 9.90. The Bertz CT molecular complexity index is 1280. The number of rotatable bonds is 8. The first kappa shape index (κ1) is 25.6. The number of nitrogens with zero attached hydrogens (tertiary/aromatic N) is 4. The second-order valence-electron chi connectivity index (χ2n) is 10.7. The number of hydrogen-bond donors (Lipinski definition) is 0. The molecule has 4 heterocycles. The summed E-state index contributed by atoms with van der Waals surface area (Å²) in [6.45, 7) is 3.87. The van der Waals surface area contributed by atoms with E-state index >= 15 is 0 Å². The molecule has 0 N–H and O–H groups in total. The molecule has 1 aliphatic carbocycles. The number of aromatic nitrogens is 2. The maximum atomic E-state index is 14.8. The first-order chi connectivity index (χ1) is 18.5. The van der Waals surface area contributed by atoms with Crippen molar-refractivity contribution < 1.29 is 13.9 Å². The highest BCUT2D eigenvalue weighted by atomic mass is 35.5. The molecule has 6 nitrogen and oxygen atoms in total. The van der Waals surface area contributed by atoms with Gasteiger partial charge in [-0.15, -0.1) is 11.3 Å². The van der Waals surface area contributed by atoms with Gasteiger partial charge >= 0.3 is 0 Å². The monoisotopic (exact) mass is 554 g/mol. The van der Waals surface area contributed by atoms with Crippen LogP contribution in [0.25, 0.3) is 0 Å². The maximum absolute atomic E-state index is 14.8. The van der Waals surface area contributed by atoms with Crippen LogP contribution in [0.15, 0.2) is 42.0 Å². The van der Waals surface area contributed by atoms with Gasteiger partial charge in [0.25, 0.3) is 0 Å². The summed E-state index contributed by atoms with van der Waals surface area (Å²) in [6, 6.07) is 6.99. The maximum Gasteiger partial charge on any atom is 0.227 e. The Labute approximate surface area is 231 Å². The van der Waals surface area contributed by atoms with Gasteiger partial charge < -0.3 is 14.5 Å². The fraction of sp³-hybridized carbons (Fsp3) is 0.483. The number of halogens is 2. The van der Waals surface area contributed by atoms with Crippen LogP contribution in [-0.2, 0) is 24.2 Å². The van der Waals surface area contributed by atoms with Gasteiger partial charge in [0.05, 0.1) is 30.4 Å². The number of anilines is 1. The molecule has 2 unspecified atom stereocenters. The number of hydrogen-bond acceptors (Lipinski definition) is 6. The molecule has 3 aliphatic rings. The number of fused-ring (bicyclic) bond motifs is 1. The number of benzene rings is 1. The predicted octanol–water partition coefficient (Wildman–Crippen LogP) is 5.78. The molecule has 6 rings (SSSR count). The SMILES string of the molecule is O=C(Cc1ccc(OCCC2CC2C2CCN(c3ncc(Cl)cn3)CC2)cc1F)N1CCc2sccc2C1. The van der Waals surface area contributed by atoms with Crippen LogP contribution < -0.4 is 9.64 Å². The lowest BCUT2D eigenvalue weighted by Gasteiger charge is -2.32. The Hall–Kier alpha value is -2.71. The number of thiophene rings is 1. The molecule has 2 aromatic heterocycles. The van der Waals surface area contributed by atoms with E-state index in [9.17, 15) is 9.18 Å². The number of carbonyl (C=O) groups excluding carboxylic acids is 1. The average Bonchev–Trinajstić information content (AvgIpc) is 3.55. The highest BCUT2D eigenvalue weighted by molar-refractivity contribution is 7.10. The normalized spacial score (nSPS) is 21.3. The van der Waals surface area contributed by atoms with Crippen LogP contribution in [-0.4, -0.2) is 47.0 Å². The number of piperidine rings is 1. The zero-order chi connectivity index (χ0) is 26.1. The molecule has 1 amide bonds. The Morgan fingerprint density at radius 2 is 1.97 bits per heavy atom. The number of amides is 1. The van der Waals surface area contributed by atoms with Gasteiger partial charge in [0, 0.05) is 37.1 Å². The van der Waals surface area contributed by atoms with E-state index in [4.69, 9.17) is 16.3 Å². The molecular weight excluding hydrogens is 523 g/mol. The van der Waals surface area contributed by atoms with E-state index < -0.39 is 0 Å². The molecule has 38 heavy (non-hydrogen) atoms. The van der Waals surface area contributed by atoms with Crippen LogP contribution in [0.5, 0.6) is 5.75 Å². The van der Waals surface area contributed by atoms with Crippen molar-refractivity contribution in [3.63, 3.8) is 0 Å². The fourth-order valence-electron chi connectivity index (χ4n) is 6.00. The van der Waals surface area contributed by atoms with Crippen molar-refractivity contribution >= 4 is 34.8 Å². The van der Waals surface area contributed by atoms with Gasteiger partial charge in [-0.3, -0.25) is 4.79 Å². The van der Waals surface area contributed by atoms with Crippen LogP contribution in [0.4, 0.5) is 10.3 Å². The van der Waals surface area contributed by atoms with Crippen molar-refractivity contribution in [2.45, 2.75) is 45.1 Å². The Morgan fingerprint density at radius 1 is 1.16 bits per heavy atom. The van der Waals surface area contributed by atoms with Crippen LogP contribution in [0.3, 0.4) is 0 Å². The summed E-state index contributed by atoms with van der Waals surface area (Å²) in [5.41, 5.74) is 1.64. The van der Waals surface area contributed by atoms with E-state index in [-0.39, 0.29) is 18.1 Å². The highest BCUT2D eigenvalue weighted by Gasteiger charge is 2.43. The minimum Gasteiger partial charge on any atom is -0.493 e. The van der Waals surface area contributed by atoms with Gasteiger partial charge in [0.1, 0.15) is 11.6 Å². The third-order valence-electron chi connectivity index (χ3n) is 8.30. The summed E-state index contributed by atoms with van der Waals surface area (Å²) in [5, 5.41) is 2.63. The summed E-state index contributed by atoms with van der Waals surface area (Å²) in [6.07, 6.45) is 8.83. The van der Waals surface area contributed by atoms with Crippen molar-refractivity contribution in [1.82, 2.24) is 14.9 Å². The topological polar surface area (TPSA) is 58.6 Å². The molecule has 200 valence electrons. The summed E-state index contributed by atoms with van der Waals surface area (Å²) in [7, 11) is 0. The first-order valence-electron chi connectivity index (χ1n) is 13.5. The Morgan fingerprint density at radius 3 is 2.76 bits per heavy atom. The van der Waals surface area contributed by atoms with E-state index in [1.54, 1.807) is 35.9 Å². The Kier molecular flexibility index (Phi) is 7.52.